The highest BCUT2D eigenvalue weighted by molar-refractivity contribution is 7.09. The number of aromatic nitrogens is 1. The predicted molar refractivity (Wildman–Crippen MR) is 94.7 cm³/mol. The first-order valence-corrected chi connectivity index (χ1v) is 8.56. The van der Waals surface area contributed by atoms with Gasteiger partial charge in [0.1, 0.15) is 0 Å². The van der Waals surface area contributed by atoms with Crippen molar-refractivity contribution in [1.82, 2.24) is 10.3 Å². The van der Waals surface area contributed by atoms with E-state index in [2.05, 4.69) is 10.3 Å². The number of amides is 1. The lowest BCUT2D eigenvalue weighted by atomic mass is 10.0. The number of nitrogens with zero attached hydrogens (tertiary/aromatic N) is 1. The Balaban J connectivity index is 1.86. The summed E-state index contributed by atoms with van der Waals surface area (Å²) in [6.45, 7) is 2.56. The van der Waals surface area contributed by atoms with Gasteiger partial charge in [0, 0.05) is 30.3 Å². The average Bonchev–Trinajstić information content (AvgIpc) is 2.99. The molecule has 0 spiro atoms. The van der Waals surface area contributed by atoms with Gasteiger partial charge in [-0.2, -0.15) is 0 Å². The summed E-state index contributed by atoms with van der Waals surface area (Å²) < 4.78 is 10.5. The van der Waals surface area contributed by atoms with Gasteiger partial charge in [-0.1, -0.05) is 6.07 Å². The molecule has 1 amide bonds. The summed E-state index contributed by atoms with van der Waals surface area (Å²) >= 11 is 1.61. The summed E-state index contributed by atoms with van der Waals surface area (Å²) in [5, 5.41) is 2.90. The Morgan fingerprint density at radius 1 is 1.33 bits per heavy atom. The van der Waals surface area contributed by atoms with Gasteiger partial charge in [-0.05, 0) is 24.6 Å². The smallest absolute Gasteiger partial charge is 0.221 e. The quantitative estimate of drug-likeness (QED) is 0.763. The van der Waals surface area contributed by atoms with Crippen molar-refractivity contribution < 1.29 is 14.3 Å². The fraction of sp³-hybridized carbons (Fsp3) is 0.412. The zero-order chi connectivity index (χ0) is 17.5. The van der Waals surface area contributed by atoms with E-state index in [0.29, 0.717) is 18.0 Å². The molecule has 0 saturated carbocycles. The number of aryl methyl sites for hydroxylation is 1. The summed E-state index contributed by atoms with van der Waals surface area (Å²) in [5.41, 5.74) is 9.81. The minimum absolute atomic E-state index is 0.0700. The monoisotopic (exact) mass is 349 g/mol. The van der Waals surface area contributed by atoms with Crippen molar-refractivity contribution in [3.8, 4) is 11.5 Å². The zero-order valence-electron chi connectivity index (χ0n) is 14.2. The molecule has 0 aliphatic rings. The molecule has 24 heavy (non-hydrogen) atoms. The van der Waals surface area contributed by atoms with Crippen molar-refractivity contribution in [2.24, 2.45) is 5.73 Å². The Bertz CT molecular complexity index is 687. The number of ether oxygens (including phenoxy) is 2. The van der Waals surface area contributed by atoms with E-state index in [1.54, 1.807) is 37.7 Å². The molecule has 1 aromatic carbocycles. The highest BCUT2D eigenvalue weighted by atomic mass is 32.1. The molecule has 0 fully saturated rings. The summed E-state index contributed by atoms with van der Waals surface area (Å²) in [5.74, 6) is 1.17. The molecule has 1 heterocycles. The second-order valence-corrected chi connectivity index (χ2v) is 6.33. The van der Waals surface area contributed by atoms with Crippen molar-refractivity contribution in [3.63, 3.8) is 0 Å². The van der Waals surface area contributed by atoms with E-state index >= 15 is 0 Å². The topological polar surface area (TPSA) is 86.5 Å². The van der Waals surface area contributed by atoms with Crippen LogP contribution in [-0.2, 0) is 11.2 Å². The van der Waals surface area contributed by atoms with Gasteiger partial charge in [0.05, 0.1) is 25.4 Å². The molecule has 6 nitrogen and oxygen atoms in total. The SMILES string of the molecule is COc1ccc([C@H](N)CC(=O)NCCc2scnc2C)cc1OC. The van der Waals surface area contributed by atoms with Crippen LogP contribution in [-0.4, -0.2) is 31.7 Å². The van der Waals surface area contributed by atoms with Crippen LogP contribution >= 0.6 is 11.3 Å². The number of methoxy groups -OCH3 is 2. The van der Waals surface area contributed by atoms with Crippen molar-refractivity contribution in [3.05, 3.63) is 39.8 Å². The normalized spacial score (nSPS) is 11.8. The Hall–Kier alpha value is -2.12. The van der Waals surface area contributed by atoms with Crippen molar-refractivity contribution in [2.45, 2.75) is 25.8 Å². The molecule has 0 saturated heterocycles. The minimum Gasteiger partial charge on any atom is -0.493 e. The van der Waals surface area contributed by atoms with Crippen LogP contribution < -0.4 is 20.5 Å². The van der Waals surface area contributed by atoms with Gasteiger partial charge >= 0.3 is 0 Å². The van der Waals surface area contributed by atoms with Gasteiger partial charge in [-0.25, -0.2) is 4.98 Å². The van der Waals surface area contributed by atoms with Gasteiger partial charge in [-0.15, -0.1) is 11.3 Å². The Labute approximate surface area is 146 Å². The third kappa shape index (κ3) is 4.69. The Morgan fingerprint density at radius 2 is 2.08 bits per heavy atom. The van der Waals surface area contributed by atoms with Crippen LogP contribution in [0.1, 0.15) is 28.6 Å². The molecule has 0 aliphatic heterocycles. The number of nitrogens with two attached hydrogens (primary N) is 1. The molecule has 7 heteroatoms. The third-order valence-electron chi connectivity index (χ3n) is 3.76. The highest BCUT2D eigenvalue weighted by Gasteiger charge is 2.14. The van der Waals surface area contributed by atoms with Crippen LogP contribution in [0.25, 0.3) is 0 Å². The fourth-order valence-corrected chi connectivity index (χ4v) is 3.14. The third-order valence-corrected chi connectivity index (χ3v) is 4.76. The van der Waals surface area contributed by atoms with E-state index in [4.69, 9.17) is 15.2 Å². The standard InChI is InChI=1S/C17H23N3O3S/c1-11-16(24-10-20-11)6-7-19-17(21)9-13(18)12-4-5-14(22-2)15(8-12)23-3/h4-5,8,10,13H,6-7,9,18H2,1-3H3,(H,19,21)/t13-/m1/s1. The van der Waals surface area contributed by atoms with E-state index in [-0.39, 0.29) is 12.3 Å². The molecule has 3 N–H and O–H groups in total. The molecule has 0 aliphatic carbocycles. The number of carbonyl (C=O) groups excluding carboxylic acids is 1. The summed E-state index contributed by atoms with van der Waals surface area (Å²) in [6, 6.07) is 5.05. The largest absolute Gasteiger partial charge is 0.493 e. The molecule has 0 unspecified atom stereocenters. The second-order valence-electron chi connectivity index (χ2n) is 5.39. The number of carbonyl (C=O) groups is 1. The lowest BCUT2D eigenvalue weighted by molar-refractivity contribution is -0.121. The summed E-state index contributed by atoms with van der Waals surface area (Å²) in [4.78, 5) is 17.4. The van der Waals surface area contributed by atoms with E-state index in [9.17, 15) is 4.79 Å². The maximum absolute atomic E-state index is 12.1. The van der Waals surface area contributed by atoms with E-state index in [1.807, 2.05) is 18.5 Å². The lowest BCUT2D eigenvalue weighted by Crippen LogP contribution is -2.29. The van der Waals surface area contributed by atoms with Crippen molar-refractivity contribution in [1.29, 1.82) is 0 Å². The van der Waals surface area contributed by atoms with E-state index < -0.39 is 6.04 Å². The number of nitrogens with one attached hydrogen (secondary N) is 1. The summed E-state index contributed by atoms with van der Waals surface area (Å²) in [7, 11) is 3.15. The first kappa shape index (κ1) is 18.2. The lowest BCUT2D eigenvalue weighted by Gasteiger charge is -2.15. The van der Waals surface area contributed by atoms with Crippen LogP contribution in [0.3, 0.4) is 0 Å². The van der Waals surface area contributed by atoms with Gasteiger partial charge in [-0.3, -0.25) is 4.79 Å². The molecule has 1 aromatic heterocycles. The first-order chi connectivity index (χ1) is 11.5. The van der Waals surface area contributed by atoms with Crippen LogP contribution in [0, 0.1) is 6.92 Å². The maximum Gasteiger partial charge on any atom is 0.221 e. The Morgan fingerprint density at radius 3 is 2.71 bits per heavy atom. The molecule has 0 bridgehead atoms. The minimum atomic E-state index is -0.394. The van der Waals surface area contributed by atoms with Crippen LogP contribution in [0.15, 0.2) is 23.7 Å². The number of hydrogen-bond acceptors (Lipinski definition) is 6. The molecule has 2 rings (SSSR count). The number of benzene rings is 1. The molecular weight excluding hydrogens is 326 g/mol. The molecular formula is C17H23N3O3S. The number of hydrogen-bond donors (Lipinski definition) is 2. The zero-order valence-corrected chi connectivity index (χ0v) is 15.0. The molecule has 2 aromatic rings. The number of thiazole rings is 1. The van der Waals surface area contributed by atoms with Gasteiger partial charge in [0.25, 0.3) is 0 Å². The van der Waals surface area contributed by atoms with Crippen LogP contribution in [0.4, 0.5) is 0 Å². The van der Waals surface area contributed by atoms with Gasteiger partial charge in [0.2, 0.25) is 5.91 Å². The molecule has 130 valence electrons. The van der Waals surface area contributed by atoms with E-state index in [1.165, 1.54) is 4.88 Å². The number of rotatable bonds is 8. The molecule has 0 radical (unpaired) electrons. The van der Waals surface area contributed by atoms with Crippen molar-refractivity contribution >= 4 is 17.2 Å². The maximum atomic E-state index is 12.1. The van der Waals surface area contributed by atoms with Crippen LogP contribution in [0.5, 0.6) is 11.5 Å². The highest BCUT2D eigenvalue weighted by Crippen LogP contribution is 2.30. The average molecular weight is 349 g/mol. The second kappa shape index (κ2) is 8.65. The van der Waals surface area contributed by atoms with E-state index in [0.717, 1.165) is 17.7 Å². The van der Waals surface area contributed by atoms with Gasteiger partial charge < -0.3 is 20.5 Å². The van der Waals surface area contributed by atoms with Crippen LogP contribution in [0.2, 0.25) is 0 Å². The Kier molecular flexibility index (Phi) is 6.57. The van der Waals surface area contributed by atoms with Gasteiger partial charge in [0.15, 0.2) is 11.5 Å². The predicted octanol–water partition coefficient (Wildman–Crippen LogP) is 2.22. The molecule has 1 atom stereocenters. The summed E-state index contributed by atoms with van der Waals surface area (Å²) in [6.07, 6.45) is 1.00. The first-order valence-electron chi connectivity index (χ1n) is 7.68. The van der Waals surface area contributed by atoms with Crippen molar-refractivity contribution in [2.75, 3.05) is 20.8 Å². The fourth-order valence-electron chi connectivity index (χ4n) is 2.35.